The fourth-order valence-corrected chi connectivity index (χ4v) is 2.19. The van der Waals surface area contributed by atoms with E-state index in [1.807, 2.05) is 48.0 Å². The van der Waals surface area contributed by atoms with Crippen molar-refractivity contribution >= 4 is 11.5 Å². The minimum atomic E-state index is 0.678. The van der Waals surface area contributed by atoms with E-state index in [4.69, 9.17) is 0 Å². The molecule has 0 radical (unpaired) electrons. The average molecular weight is 252 g/mol. The van der Waals surface area contributed by atoms with Crippen LogP contribution >= 0.6 is 0 Å². The minimum Gasteiger partial charge on any atom is -0.364 e. The third-order valence-corrected chi connectivity index (χ3v) is 2.96. The summed E-state index contributed by atoms with van der Waals surface area (Å²) < 4.78 is 2.02. The van der Waals surface area contributed by atoms with Gasteiger partial charge in [-0.25, -0.2) is 9.97 Å². The van der Waals surface area contributed by atoms with E-state index >= 15 is 0 Å². The summed E-state index contributed by atoms with van der Waals surface area (Å²) in [5, 5.41) is 3.32. The molecule has 96 valence electrons. The molecule has 19 heavy (non-hydrogen) atoms. The van der Waals surface area contributed by atoms with Crippen molar-refractivity contribution in [2.45, 2.75) is 20.4 Å². The van der Waals surface area contributed by atoms with Crippen LogP contribution in [0.4, 0.5) is 5.82 Å². The van der Waals surface area contributed by atoms with Gasteiger partial charge in [-0.2, -0.15) is 0 Å². The zero-order chi connectivity index (χ0) is 13.2. The molecule has 3 aromatic heterocycles. The molecule has 1 N–H and O–H groups in total. The van der Waals surface area contributed by atoms with Gasteiger partial charge in [0.15, 0.2) is 0 Å². The van der Waals surface area contributed by atoms with Crippen molar-refractivity contribution in [3.05, 3.63) is 59.7 Å². The van der Waals surface area contributed by atoms with Crippen LogP contribution in [0.2, 0.25) is 0 Å². The normalized spacial score (nSPS) is 10.8. The SMILES string of the molecule is Cc1cc(C)nc(NCc2cn3ccccc3n2)c1. The van der Waals surface area contributed by atoms with Crippen LogP contribution in [-0.4, -0.2) is 14.4 Å². The van der Waals surface area contributed by atoms with Crippen LogP contribution in [-0.2, 0) is 6.54 Å². The molecule has 0 atom stereocenters. The van der Waals surface area contributed by atoms with Gasteiger partial charge in [-0.15, -0.1) is 0 Å². The van der Waals surface area contributed by atoms with Crippen molar-refractivity contribution < 1.29 is 0 Å². The Morgan fingerprint density at radius 2 is 2.05 bits per heavy atom. The summed E-state index contributed by atoms with van der Waals surface area (Å²) in [6.07, 6.45) is 4.03. The summed E-state index contributed by atoms with van der Waals surface area (Å²) in [7, 11) is 0. The molecule has 0 spiro atoms. The van der Waals surface area contributed by atoms with E-state index in [9.17, 15) is 0 Å². The number of aromatic nitrogens is 3. The summed E-state index contributed by atoms with van der Waals surface area (Å²) in [6.45, 7) is 4.76. The lowest BCUT2D eigenvalue weighted by molar-refractivity contribution is 1.04. The van der Waals surface area contributed by atoms with Gasteiger partial charge in [0.2, 0.25) is 0 Å². The van der Waals surface area contributed by atoms with Gasteiger partial charge < -0.3 is 9.72 Å². The molecule has 0 amide bonds. The van der Waals surface area contributed by atoms with Gasteiger partial charge in [-0.3, -0.25) is 0 Å². The molecule has 0 aliphatic heterocycles. The zero-order valence-corrected chi connectivity index (χ0v) is 11.1. The predicted octanol–water partition coefficient (Wildman–Crippen LogP) is 2.96. The molecule has 3 aromatic rings. The Bertz CT molecular complexity index is 662. The summed E-state index contributed by atoms with van der Waals surface area (Å²) in [5.74, 6) is 0.898. The van der Waals surface area contributed by atoms with Crippen LogP contribution < -0.4 is 5.32 Å². The molecule has 4 heteroatoms. The zero-order valence-electron chi connectivity index (χ0n) is 11.1. The molecule has 0 aliphatic carbocycles. The number of imidazole rings is 1. The second-order valence-corrected chi connectivity index (χ2v) is 4.72. The third-order valence-electron chi connectivity index (χ3n) is 2.96. The molecule has 4 nitrogen and oxygen atoms in total. The maximum atomic E-state index is 4.55. The highest BCUT2D eigenvalue weighted by molar-refractivity contribution is 5.42. The standard InChI is InChI=1S/C15H16N4/c1-11-7-12(2)17-14(8-11)16-9-13-10-19-6-4-3-5-15(19)18-13/h3-8,10H,9H2,1-2H3,(H,16,17). The number of aryl methyl sites for hydroxylation is 2. The molecule has 0 aliphatic rings. The van der Waals surface area contributed by atoms with E-state index in [0.29, 0.717) is 6.54 Å². The smallest absolute Gasteiger partial charge is 0.137 e. The summed E-state index contributed by atoms with van der Waals surface area (Å²) in [4.78, 5) is 9.00. The number of hydrogen-bond donors (Lipinski definition) is 1. The number of anilines is 1. The van der Waals surface area contributed by atoms with Crippen molar-refractivity contribution in [2.75, 3.05) is 5.32 Å². The van der Waals surface area contributed by atoms with E-state index in [2.05, 4.69) is 28.3 Å². The van der Waals surface area contributed by atoms with Crippen molar-refractivity contribution in [3.8, 4) is 0 Å². The summed E-state index contributed by atoms with van der Waals surface area (Å²) in [5.41, 5.74) is 4.21. The Kier molecular flexibility index (Phi) is 2.91. The highest BCUT2D eigenvalue weighted by atomic mass is 15.0. The first-order chi connectivity index (χ1) is 9.20. The summed E-state index contributed by atoms with van der Waals surface area (Å²) in [6, 6.07) is 10.1. The van der Waals surface area contributed by atoms with Gasteiger partial charge in [0.1, 0.15) is 11.5 Å². The van der Waals surface area contributed by atoms with Gasteiger partial charge in [-0.05, 0) is 43.7 Å². The maximum Gasteiger partial charge on any atom is 0.137 e. The predicted molar refractivity (Wildman–Crippen MR) is 76.2 cm³/mol. The topological polar surface area (TPSA) is 42.2 Å². The van der Waals surface area contributed by atoms with Crippen LogP contribution in [0.15, 0.2) is 42.7 Å². The number of nitrogens with zero attached hydrogens (tertiary/aromatic N) is 3. The van der Waals surface area contributed by atoms with Gasteiger partial charge in [-0.1, -0.05) is 6.07 Å². The molecule has 0 fully saturated rings. The first-order valence-electron chi connectivity index (χ1n) is 6.32. The number of hydrogen-bond acceptors (Lipinski definition) is 3. The van der Waals surface area contributed by atoms with E-state index in [0.717, 1.165) is 22.9 Å². The van der Waals surface area contributed by atoms with Crippen molar-refractivity contribution in [3.63, 3.8) is 0 Å². The Morgan fingerprint density at radius 3 is 2.84 bits per heavy atom. The molecular weight excluding hydrogens is 236 g/mol. The molecule has 0 unspecified atom stereocenters. The Hall–Kier alpha value is -2.36. The number of fused-ring (bicyclic) bond motifs is 1. The highest BCUT2D eigenvalue weighted by Gasteiger charge is 2.02. The van der Waals surface area contributed by atoms with Crippen LogP contribution in [0.25, 0.3) is 5.65 Å². The largest absolute Gasteiger partial charge is 0.364 e. The average Bonchev–Trinajstić information content (AvgIpc) is 2.78. The van der Waals surface area contributed by atoms with Gasteiger partial charge >= 0.3 is 0 Å². The van der Waals surface area contributed by atoms with E-state index in [-0.39, 0.29) is 0 Å². The lowest BCUT2D eigenvalue weighted by Crippen LogP contribution is -2.02. The fourth-order valence-electron chi connectivity index (χ4n) is 2.19. The maximum absolute atomic E-state index is 4.55. The Morgan fingerprint density at radius 1 is 1.16 bits per heavy atom. The van der Waals surface area contributed by atoms with E-state index in [1.165, 1.54) is 5.56 Å². The molecule has 0 aromatic carbocycles. The van der Waals surface area contributed by atoms with Gasteiger partial charge in [0, 0.05) is 18.1 Å². The highest BCUT2D eigenvalue weighted by Crippen LogP contribution is 2.11. The number of pyridine rings is 2. The summed E-state index contributed by atoms with van der Waals surface area (Å²) >= 11 is 0. The lowest BCUT2D eigenvalue weighted by Gasteiger charge is -2.05. The van der Waals surface area contributed by atoms with Crippen LogP contribution in [0, 0.1) is 13.8 Å². The molecule has 3 heterocycles. The monoisotopic (exact) mass is 252 g/mol. The molecule has 0 saturated carbocycles. The number of rotatable bonds is 3. The fraction of sp³-hybridized carbons (Fsp3) is 0.200. The Balaban J connectivity index is 1.78. The van der Waals surface area contributed by atoms with Crippen LogP contribution in [0.1, 0.15) is 17.0 Å². The lowest BCUT2D eigenvalue weighted by atomic mass is 10.2. The number of nitrogens with one attached hydrogen (secondary N) is 1. The molecular formula is C15H16N4. The van der Waals surface area contributed by atoms with Crippen molar-refractivity contribution in [1.82, 2.24) is 14.4 Å². The van der Waals surface area contributed by atoms with Crippen LogP contribution in [0.5, 0.6) is 0 Å². The van der Waals surface area contributed by atoms with Crippen molar-refractivity contribution in [2.24, 2.45) is 0 Å². The van der Waals surface area contributed by atoms with Crippen LogP contribution in [0.3, 0.4) is 0 Å². The van der Waals surface area contributed by atoms with Gasteiger partial charge in [0.25, 0.3) is 0 Å². The Labute approximate surface area is 112 Å². The quantitative estimate of drug-likeness (QED) is 0.779. The third kappa shape index (κ3) is 2.57. The van der Waals surface area contributed by atoms with E-state index < -0.39 is 0 Å². The second kappa shape index (κ2) is 4.72. The second-order valence-electron chi connectivity index (χ2n) is 4.72. The van der Waals surface area contributed by atoms with Gasteiger partial charge in [0.05, 0.1) is 12.2 Å². The molecule has 0 bridgehead atoms. The first kappa shape index (κ1) is 11.7. The molecule has 0 saturated heterocycles. The van der Waals surface area contributed by atoms with E-state index in [1.54, 1.807) is 0 Å². The first-order valence-corrected chi connectivity index (χ1v) is 6.32. The van der Waals surface area contributed by atoms with Crippen molar-refractivity contribution in [1.29, 1.82) is 0 Å². The molecule has 3 rings (SSSR count). The minimum absolute atomic E-state index is 0.678.